The van der Waals surface area contributed by atoms with E-state index in [4.69, 9.17) is 14.2 Å². The fourth-order valence-corrected chi connectivity index (χ4v) is 10.9. The van der Waals surface area contributed by atoms with Gasteiger partial charge in [-0.15, -0.1) is 0 Å². The second-order valence-corrected chi connectivity index (χ2v) is 20.1. The third kappa shape index (κ3) is 10.4. The molecular weight excluding hydrogens is 851 g/mol. The molecule has 3 saturated heterocycles. The number of hydrogen-bond acceptors (Lipinski definition) is 11. The number of cyclic esters (lactones) is 1. The first-order valence-corrected chi connectivity index (χ1v) is 24.2. The number of likely N-dealkylation sites (N-methyl/N-ethyl adjacent to an activating group) is 1. The summed E-state index contributed by atoms with van der Waals surface area (Å²) in [6, 6.07) is 11.2. The van der Waals surface area contributed by atoms with Crippen LogP contribution in [0.25, 0.3) is 33.3 Å². The lowest BCUT2D eigenvalue weighted by Gasteiger charge is -2.37. The minimum Gasteiger partial charge on any atom is -0.508 e. The maximum absolute atomic E-state index is 14.8. The summed E-state index contributed by atoms with van der Waals surface area (Å²) in [6.07, 6.45) is 7.87. The van der Waals surface area contributed by atoms with Crippen LogP contribution >= 0.6 is 0 Å². The smallest absolute Gasteiger partial charge is 0.324 e. The Hall–Kier alpha value is -5.35. The SMILES string of the molecule is CCn1c(-c2cnccc2COC)c2c3cc(ccc31)-c1cc(O)cc(c1)C[C@H](NC(=O)[C@H](C(C)C)N(C)C(=O)[C@H]1CCN(C3CCOCC3)C1)C(=O)N1CCC[C@H](N1)C(=O)OCC(C)(C)C2. The molecule has 4 atom stereocenters. The van der Waals surface area contributed by atoms with E-state index in [2.05, 4.69) is 58.1 Å². The van der Waals surface area contributed by atoms with Crippen molar-refractivity contribution in [2.24, 2.45) is 17.3 Å². The monoisotopic (exact) mass is 920 g/mol. The number of pyridine rings is 1. The zero-order chi connectivity index (χ0) is 47.6. The molecule has 4 aliphatic rings. The van der Waals surface area contributed by atoms with Crippen molar-refractivity contribution in [1.29, 1.82) is 0 Å². The Balaban J connectivity index is 1.16. The number of nitrogens with one attached hydrogen (secondary N) is 2. The van der Waals surface area contributed by atoms with Gasteiger partial charge in [0.2, 0.25) is 11.8 Å². The number of fused-ring (bicyclic) bond motifs is 6. The number of phenolic OH excluding ortho intramolecular Hbond substituents is 1. The average molecular weight is 920 g/mol. The largest absolute Gasteiger partial charge is 0.508 e. The van der Waals surface area contributed by atoms with Gasteiger partial charge in [0.05, 0.1) is 24.8 Å². The molecule has 2 aromatic carbocycles. The predicted octanol–water partition coefficient (Wildman–Crippen LogP) is 5.87. The predicted molar refractivity (Wildman–Crippen MR) is 256 cm³/mol. The van der Waals surface area contributed by atoms with E-state index in [0.717, 1.165) is 83.4 Å². The van der Waals surface area contributed by atoms with Gasteiger partial charge in [-0.05, 0) is 116 Å². The Kier molecular flexibility index (Phi) is 14.7. The minimum atomic E-state index is -1.11. The molecule has 6 bridgehead atoms. The second-order valence-electron chi connectivity index (χ2n) is 20.1. The highest BCUT2D eigenvalue weighted by molar-refractivity contribution is 5.96. The normalized spacial score (nSPS) is 22.4. The van der Waals surface area contributed by atoms with Gasteiger partial charge in [-0.25, -0.2) is 5.43 Å². The number of hydrogen-bond donors (Lipinski definition) is 3. The van der Waals surface area contributed by atoms with E-state index >= 15 is 0 Å². The van der Waals surface area contributed by atoms with E-state index in [1.807, 2.05) is 38.2 Å². The first-order chi connectivity index (χ1) is 32.2. The van der Waals surface area contributed by atoms with Crippen LogP contribution in [0.1, 0.15) is 83.4 Å². The van der Waals surface area contributed by atoms with Gasteiger partial charge in [0.15, 0.2) is 0 Å². The molecule has 0 unspecified atom stereocenters. The third-order valence-corrected chi connectivity index (χ3v) is 14.3. The van der Waals surface area contributed by atoms with Crippen molar-refractivity contribution in [3.8, 4) is 28.1 Å². The van der Waals surface area contributed by atoms with Gasteiger partial charge in [0.1, 0.15) is 23.9 Å². The van der Waals surface area contributed by atoms with Gasteiger partial charge < -0.3 is 34.1 Å². The molecule has 0 aliphatic carbocycles. The Morgan fingerprint density at radius 3 is 2.58 bits per heavy atom. The number of ether oxygens (including phenoxy) is 3. The first-order valence-electron chi connectivity index (χ1n) is 24.2. The number of carbonyl (C=O) groups is 4. The van der Waals surface area contributed by atoms with E-state index < -0.39 is 41.3 Å². The second kappa shape index (κ2) is 20.5. The van der Waals surface area contributed by atoms with Crippen LogP contribution in [0.4, 0.5) is 0 Å². The number of carbonyl (C=O) groups excluding carboxylic acids is 4. The van der Waals surface area contributed by atoms with Crippen molar-refractivity contribution in [3.05, 3.63) is 71.5 Å². The summed E-state index contributed by atoms with van der Waals surface area (Å²) < 4.78 is 19.6. The average Bonchev–Trinajstić information content (AvgIpc) is 3.93. The van der Waals surface area contributed by atoms with Crippen molar-refractivity contribution >= 4 is 34.6 Å². The zero-order valence-electron chi connectivity index (χ0n) is 40.3. The third-order valence-electron chi connectivity index (χ3n) is 14.3. The van der Waals surface area contributed by atoms with E-state index in [1.165, 1.54) is 5.01 Å². The molecule has 6 heterocycles. The summed E-state index contributed by atoms with van der Waals surface area (Å²) in [5, 5.41) is 16.9. The number of aryl methyl sites for hydroxylation is 1. The highest BCUT2D eigenvalue weighted by Crippen LogP contribution is 2.41. The van der Waals surface area contributed by atoms with Crippen molar-refractivity contribution in [3.63, 3.8) is 0 Å². The Labute approximate surface area is 394 Å². The summed E-state index contributed by atoms with van der Waals surface area (Å²) in [7, 11) is 3.37. The van der Waals surface area contributed by atoms with E-state index in [9.17, 15) is 24.3 Å². The molecular formula is C52H69N7O8. The molecule has 0 spiro atoms. The number of hydrazine groups is 1. The van der Waals surface area contributed by atoms with Crippen LogP contribution < -0.4 is 10.7 Å². The molecule has 3 N–H and O–H groups in total. The Morgan fingerprint density at radius 1 is 1.04 bits per heavy atom. The van der Waals surface area contributed by atoms with Crippen molar-refractivity contribution in [2.75, 3.05) is 53.6 Å². The van der Waals surface area contributed by atoms with Crippen molar-refractivity contribution in [1.82, 2.24) is 35.1 Å². The maximum Gasteiger partial charge on any atom is 0.324 e. The highest BCUT2D eigenvalue weighted by atomic mass is 16.5. The molecule has 3 fully saturated rings. The lowest BCUT2D eigenvalue weighted by atomic mass is 9.84. The quantitative estimate of drug-likeness (QED) is 0.163. The molecule has 3 amide bonds. The van der Waals surface area contributed by atoms with E-state index in [1.54, 1.807) is 37.4 Å². The number of methoxy groups -OCH3 is 1. The van der Waals surface area contributed by atoms with Crippen LogP contribution in [0.15, 0.2) is 54.9 Å². The lowest BCUT2D eigenvalue weighted by molar-refractivity contribution is -0.155. The molecule has 360 valence electrons. The number of likely N-dealkylation sites (tertiary alicyclic amines) is 1. The van der Waals surface area contributed by atoms with E-state index in [-0.39, 0.29) is 36.5 Å². The molecule has 2 aromatic heterocycles. The topological polar surface area (TPSA) is 168 Å². The fraction of sp³-hybridized carbons (Fsp3) is 0.558. The summed E-state index contributed by atoms with van der Waals surface area (Å²) in [4.78, 5) is 66.0. The number of aromatic nitrogens is 2. The number of nitrogens with zero attached hydrogens (tertiary/aromatic N) is 5. The first kappa shape index (κ1) is 48.1. The number of benzene rings is 2. The van der Waals surface area contributed by atoms with Crippen LogP contribution in [0, 0.1) is 17.3 Å². The van der Waals surface area contributed by atoms with Crippen LogP contribution in [-0.2, 0) is 59.4 Å². The van der Waals surface area contributed by atoms with Crippen LogP contribution in [0.3, 0.4) is 0 Å². The maximum atomic E-state index is 14.8. The summed E-state index contributed by atoms with van der Waals surface area (Å²) >= 11 is 0. The molecule has 0 radical (unpaired) electrons. The number of rotatable bonds is 10. The van der Waals surface area contributed by atoms with Gasteiger partial charge in [0, 0.05) is 93.7 Å². The van der Waals surface area contributed by atoms with Crippen LogP contribution in [-0.4, -0.2) is 131 Å². The number of amides is 3. The van der Waals surface area contributed by atoms with Gasteiger partial charge >= 0.3 is 5.97 Å². The molecule has 4 aliphatic heterocycles. The highest BCUT2D eigenvalue weighted by Gasteiger charge is 2.41. The molecule has 15 heteroatoms. The molecule has 15 nitrogen and oxygen atoms in total. The number of aromatic hydroxyl groups is 1. The van der Waals surface area contributed by atoms with Gasteiger partial charge in [-0.3, -0.25) is 34.1 Å². The molecule has 0 saturated carbocycles. The lowest BCUT2D eigenvalue weighted by Crippen LogP contribution is -2.62. The number of phenols is 1. The van der Waals surface area contributed by atoms with Gasteiger partial charge in [-0.2, -0.15) is 0 Å². The fourth-order valence-electron chi connectivity index (χ4n) is 10.9. The Morgan fingerprint density at radius 2 is 1.84 bits per heavy atom. The molecule has 4 aromatic rings. The van der Waals surface area contributed by atoms with Gasteiger partial charge in [-0.1, -0.05) is 39.8 Å². The minimum absolute atomic E-state index is 0.0166. The summed E-state index contributed by atoms with van der Waals surface area (Å²) in [5.74, 6) is -1.92. The van der Waals surface area contributed by atoms with Gasteiger partial charge in [0.25, 0.3) is 5.91 Å². The van der Waals surface area contributed by atoms with Crippen LogP contribution in [0.5, 0.6) is 5.75 Å². The number of esters is 1. The van der Waals surface area contributed by atoms with Crippen molar-refractivity contribution in [2.45, 2.75) is 117 Å². The van der Waals surface area contributed by atoms with Crippen molar-refractivity contribution < 1.29 is 38.5 Å². The summed E-state index contributed by atoms with van der Waals surface area (Å²) in [5.41, 5.74) is 9.95. The Bertz CT molecular complexity index is 2460. The molecule has 8 rings (SSSR count). The standard InChI is InChI=1S/C52H69N7O8/c1-8-58-45-12-11-34-26-40(45)41(47(58)42-28-53-17-13-36(42)30-65-7)27-52(4,5)31-67-51(64)43-10-9-18-59(55-43)50(63)44(24-33-22-37(34)25-39(60)23-33)54-48(61)46(32(2)3)56(6)49(62)35-14-19-57(29-35)38-15-20-66-21-16-38/h11-13,17,22-23,25-26,28,32,35,38,43-44,46,55,60H,8-10,14-16,18-21,24,27,29-31H2,1-7H3,(H,54,61)/t35-,43-,44-,46-/m0/s1. The zero-order valence-corrected chi connectivity index (χ0v) is 40.3. The molecule has 67 heavy (non-hydrogen) atoms. The van der Waals surface area contributed by atoms with Crippen LogP contribution in [0.2, 0.25) is 0 Å². The summed E-state index contributed by atoms with van der Waals surface area (Å²) in [6.45, 7) is 14.5. The van der Waals surface area contributed by atoms with E-state index in [0.29, 0.717) is 57.1 Å².